The molecule has 0 aliphatic heterocycles. The molecular formula is C23H18F4N4O4S. The highest BCUT2D eigenvalue weighted by Gasteiger charge is 2.31. The number of carbonyl (C=O) groups excluding carboxylic acids is 1. The standard InChI is InChI=1S/C23H18F4N4O4S/c1-13(31-36(33,34)21-10-15-8-17(24)2-5-20(15)35-21)19(32)4-3-18-9-14(6-7-28-18)22-29-11-16(12-30-22)23(25,26)27/h2,5-13,31H,3-4H2,1H3/t13-/m0/s1. The number of halogens is 4. The number of alkyl halides is 3. The summed E-state index contributed by atoms with van der Waals surface area (Å²) in [7, 11) is -4.19. The van der Waals surface area contributed by atoms with E-state index >= 15 is 0 Å². The fourth-order valence-electron chi connectivity index (χ4n) is 3.32. The van der Waals surface area contributed by atoms with Crippen molar-refractivity contribution < 1.29 is 35.2 Å². The third-order valence-electron chi connectivity index (χ3n) is 5.22. The molecule has 0 spiro atoms. The molecule has 0 saturated heterocycles. The first-order valence-corrected chi connectivity index (χ1v) is 12.0. The van der Waals surface area contributed by atoms with Crippen molar-refractivity contribution in [3.05, 3.63) is 72.1 Å². The molecule has 8 nitrogen and oxygen atoms in total. The Balaban J connectivity index is 1.39. The molecule has 3 heterocycles. The molecule has 0 aliphatic carbocycles. The van der Waals surface area contributed by atoms with Crippen LogP contribution in [0.4, 0.5) is 17.6 Å². The zero-order chi connectivity index (χ0) is 26.1. The Kier molecular flexibility index (Phi) is 6.87. The molecule has 0 fully saturated rings. The molecule has 1 atom stereocenters. The molecule has 0 amide bonds. The quantitative estimate of drug-likeness (QED) is 0.343. The van der Waals surface area contributed by atoms with Gasteiger partial charge in [-0.1, -0.05) is 0 Å². The number of fused-ring (bicyclic) bond motifs is 1. The number of hydrogen-bond acceptors (Lipinski definition) is 7. The number of nitrogens with one attached hydrogen (secondary N) is 1. The van der Waals surface area contributed by atoms with E-state index in [2.05, 4.69) is 19.7 Å². The van der Waals surface area contributed by atoms with Gasteiger partial charge in [0.15, 0.2) is 11.6 Å². The Morgan fingerprint density at radius 2 is 1.81 bits per heavy atom. The Bertz CT molecular complexity index is 1520. The van der Waals surface area contributed by atoms with E-state index < -0.39 is 44.5 Å². The number of furan rings is 1. The minimum Gasteiger partial charge on any atom is -0.443 e. The van der Waals surface area contributed by atoms with Gasteiger partial charge >= 0.3 is 6.18 Å². The van der Waals surface area contributed by atoms with Crippen LogP contribution in [0.15, 0.2) is 64.5 Å². The van der Waals surface area contributed by atoms with Crippen LogP contribution in [0.1, 0.15) is 24.6 Å². The predicted molar refractivity (Wildman–Crippen MR) is 120 cm³/mol. The van der Waals surface area contributed by atoms with E-state index in [0.717, 1.165) is 18.2 Å². The predicted octanol–water partition coefficient (Wildman–Crippen LogP) is 4.31. The summed E-state index contributed by atoms with van der Waals surface area (Å²) >= 11 is 0. The van der Waals surface area contributed by atoms with Gasteiger partial charge in [0.05, 0.1) is 11.6 Å². The van der Waals surface area contributed by atoms with Gasteiger partial charge in [-0.3, -0.25) is 9.78 Å². The van der Waals surface area contributed by atoms with Gasteiger partial charge in [0.25, 0.3) is 10.0 Å². The highest BCUT2D eigenvalue weighted by molar-refractivity contribution is 7.89. The van der Waals surface area contributed by atoms with E-state index in [9.17, 15) is 30.8 Å². The monoisotopic (exact) mass is 522 g/mol. The van der Waals surface area contributed by atoms with E-state index in [-0.39, 0.29) is 29.6 Å². The van der Waals surface area contributed by atoms with Crippen LogP contribution in [-0.2, 0) is 27.4 Å². The normalized spacial score (nSPS) is 13.1. The Hall–Kier alpha value is -3.71. The third-order valence-corrected chi connectivity index (χ3v) is 6.61. The number of rotatable bonds is 8. The minimum atomic E-state index is -4.55. The maximum Gasteiger partial charge on any atom is 0.419 e. The van der Waals surface area contributed by atoms with Crippen molar-refractivity contribution in [2.75, 3.05) is 0 Å². The number of pyridine rings is 1. The number of sulfonamides is 1. The number of nitrogens with zero attached hydrogens (tertiary/aromatic N) is 3. The summed E-state index contributed by atoms with van der Waals surface area (Å²) in [5.74, 6) is -0.921. The Labute approximate surface area is 202 Å². The molecule has 1 aromatic carbocycles. The molecule has 13 heteroatoms. The van der Waals surface area contributed by atoms with E-state index in [1.807, 2.05) is 0 Å². The number of ketones is 1. The van der Waals surface area contributed by atoms with Crippen molar-refractivity contribution in [3.8, 4) is 11.4 Å². The number of aryl methyl sites for hydroxylation is 1. The van der Waals surface area contributed by atoms with E-state index in [0.29, 0.717) is 23.7 Å². The largest absolute Gasteiger partial charge is 0.443 e. The summed E-state index contributed by atoms with van der Waals surface area (Å²) in [6, 6.07) is 6.69. The number of benzene rings is 1. The lowest BCUT2D eigenvalue weighted by Gasteiger charge is -2.12. The van der Waals surface area contributed by atoms with Gasteiger partial charge < -0.3 is 4.42 Å². The average molecular weight is 522 g/mol. The average Bonchev–Trinajstić information content (AvgIpc) is 3.26. The first-order chi connectivity index (χ1) is 16.9. The van der Waals surface area contributed by atoms with Crippen LogP contribution in [0.3, 0.4) is 0 Å². The summed E-state index contributed by atoms with van der Waals surface area (Å²) in [5, 5.41) is -0.189. The molecule has 4 rings (SSSR count). The molecule has 0 saturated carbocycles. The maximum atomic E-state index is 13.4. The van der Waals surface area contributed by atoms with Crippen LogP contribution in [-0.4, -0.2) is 35.2 Å². The fraction of sp³-hybridized carbons (Fsp3) is 0.217. The summed E-state index contributed by atoms with van der Waals surface area (Å²) in [4.78, 5) is 24.2. The topological polar surface area (TPSA) is 115 Å². The lowest BCUT2D eigenvalue weighted by Crippen LogP contribution is -2.38. The number of Topliss-reactive ketones (excluding diaryl/α,β-unsaturated/α-hetero) is 1. The first-order valence-electron chi connectivity index (χ1n) is 10.5. The summed E-state index contributed by atoms with van der Waals surface area (Å²) in [5.41, 5.74) is 0.0612. The summed E-state index contributed by atoms with van der Waals surface area (Å²) in [6.07, 6.45) is -1.71. The Morgan fingerprint density at radius 1 is 1.08 bits per heavy atom. The van der Waals surface area contributed by atoms with Gasteiger partial charge in [0.2, 0.25) is 5.09 Å². The zero-order valence-electron chi connectivity index (χ0n) is 18.6. The van der Waals surface area contributed by atoms with Crippen LogP contribution < -0.4 is 4.72 Å². The second kappa shape index (κ2) is 9.74. The molecule has 188 valence electrons. The van der Waals surface area contributed by atoms with Gasteiger partial charge in [-0.15, -0.1) is 0 Å². The van der Waals surface area contributed by atoms with Crippen LogP contribution in [0, 0.1) is 5.82 Å². The molecule has 1 N–H and O–H groups in total. The van der Waals surface area contributed by atoms with Gasteiger partial charge in [-0.25, -0.2) is 22.8 Å². The van der Waals surface area contributed by atoms with Crippen molar-refractivity contribution in [2.45, 2.75) is 37.1 Å². The molecule has 4 aromatic rings. The minimum absolute atomic E-state index is 0.0600. The molecule has 36 heavy (non-hydrogen) atoms. The van der Waals surface area contributed by atoms with Crippen LogP contribution in [0.25, 0.3) is 22.4 Å². The number of aromatic nitrogens is 3. The molecule has 0 bridgehead atoms. The second-order valence-corrected chi connectivity index (χ2v) is 9.53. The molecule has 0 radical (unpaired) electrons. The van der Waals surface area contributed by atoms with Gasteiger partial charge in [0, 0.05) is 47.7 Å². The van der Waals surface area contributed by atoms with Gasteiger partial charge in [-0.2, -0.15) is 17.9 Å². The summed E-state index contributed by atoms with van der Waals surface area (Å²) in [6.45, 7) is 1.38. The second-order valence-electron chi connectivity index (χ2n) is 7.89. The smallest absolute Gasteiger partial charge is 0.419 e. The van der Waals surface area contributed by atoms with Crippen molar-refractivity contribution in [3.63, 3.8) is 0 Å². The van der Waals surface area contributed by atoms with Crippen molar-refractivity contribution in [1.29, 1.82) is 0 Å². The van der Waals surface area contributed by atoms with Crippen LogP contribution >= 0.6 is 0 Å². The fourth-order valence-corrected chi connectivity index (χ4v) is 4.52. The third kappa shape index (κ3) is 5.74. The Morgan fingerprint density at radius 3 is 2.50 bits per heavy atom. The van der Waals surface area contributed by atoms with Crippen molar-refractivity contribution >= 4 is 26.8 Å². The molecule has 0 aliphatic rings. The van der Waals surface area contributed by atoms with Gasteiger partial charge in [0.1, 0.15) is 11.4 Å². The lowest BCUT2D eigenvalue weighted by molar-refractivity contribution is -0.138. The zero-order valence-corrected chi connectivity index (χ0v) is 19.4. The first kappa shape index (κ1) is 25.4. The SMILES string of the molecule is C[C@H](NS(=O)(=O)c1cc2cc(F)ccc2o1)C(=O)CCc1cc(-c2ncc(C(F)(F)F)cn2)ccn1. The number of carbonyl (C=O) groups is 1. The maximum absolute atomic E-state index is 13.4. The van der Waals surface area contributed by atoms with E-state index in [1.165, 1.54) is 31.3 Å². The van der Waals surface area contributed by atoms with Crippen LogP contribution in [0.2, 0.25) is 0 Å². The molecule has 3 aromatic heterocycles. The van der Waals surface area contributed by atoms with Crippen molar-refractivity contribution in [2.24, 2.45) is 0 Å². The lowest BCUT2D eigenvalue weighted by atomic mass is 10.1. The highest BCUT2D eigenvalue weighted by Crippen LogP contribution is 2.29. The van der Waals surface area contributed by atoms with Crippen molar-refractivity contribution in [1.82, 2.24) is 19.7 Å². The molecular weight excluding hydrogens is 504 g/mol. The van der Waals surface area contributed by atoms with E-state index in [4.69, 9.17) is 4.42 Å². The number of hydrogen-bond donors (Lipinski definition) is 1. The summed E-state index contributed by atoms with van der Waals surface area (Å²) < 4.78 is 84.2. The molecule has 0 unspecified atom stereocenters. The highest BCUT2D eigenvalue weighted by atomic mass is 32.2. The van der Waals surface area contributed by atoms with Gasteiger partial charge in [-0.05, 0) is 43.7 Å². The van der Waals surface area contributed by atoms with E-state index in [1.54, 1.807) is 0 Å². The van der Waals surface area contributed by atoms with Crippen LogP contribution in [0.5, 0.6) is 0 Å².